The number of methoxy groups -OCH3 is 1. The highest BCUT2D eigenvalue weighted by Crippen LogP contribution is 2.28. The molecule has 2 aromatic rings. The molecule has 3 N–H and O–H groups in total. The minimum Gasteiger partial charge on any atom is -1.00 e. The molecule has 0 bridgehead atoms. The van der Waals surface area contributed by atoms with Crippen LogP contribution in [0.5, 0.6) is 11.5 Å². The first-order valence-corrected chi connectivity index (χ1v) is 7.75. The van der Waals surface area contributed by atoms with Crippen LogP contribution in [0.4, 0.5) is 0 Å². The summed E-state index contributed by atoms with van der Waals surface area (Å²) in [6, 6.07) is 15.4. The predicted octanol–water partition coefficient (Wildman–Crippen LogP) is -1.98. The van der Waals surface area contributed by atoms with Crippen LogP contribution in [0.3, 0.4) is 0 Å². The number of amides is 1. The molecule has 3 rings (SSSR count). The number of ether oxygens (including phenoxy) is 2. The fourth-order valence-corrected chi connectivity index (χ4v) is 2.41. The molecular weight excluding hydrogens is 342 g/mol. The van der Waals surface area contributed by atoms with Crippen LogP contribution in [0.1, 0.15) is 18.1 Å². The van der Waals surface area contributed by atoms with E-state index in [1.807, 2.05) is 60.8 Å². The number of hydrazone groups is 1. The molecular formula is C18H20ClN3O3. The minimum absolute atomic E-state index is 0. The lowest BCUT2D eigenvalue weighted by Crippen LogP contribution is -3.00. The van der Waals surface area contributed by atoms with Gasteiger partial charge in [0.15, 0.2) is 17.5 Å². The summed E-state index contributed by atoms with van der Waals surface area (Å²) in [4.78, 5) is 11.5. The molecule has 0 aromatic heterocycles. The summed E-state index contributed by atoms with van der Waals surface area (Å²) in [6.45, 7) is 2.30. The summed E-state index contributed by atoms with van der Waals surface area (Å²) < 4.78 is 11.3. The normalized spacial score (nSPS) is 16.3. The summed E-state index contributed by atoms with van der Waals surface area (Å²) in [7, 11) is 1.60. The Morgan fingerprint density at radius 3 is 2.60 bits per heavy atom. The zero-order valence-electron chi connectivity index (χ0n) is 14.0. The Kier molecular flexibility index (Phi) is 6.38. The van der Waals surface area contributed by atoms with E-state index in [9.17, 15) is 4.79 Å². The highest BCUT2D eigenvalue weighted by atomic mass is 35.5. The van der Waals surface area contributed by atoms with Crippen LogP contribution in [0.25, 0.3) is 0 Å². The number of benzene rings is 2. The molecule has 0 spiro atoms. The molecule has 6 nitrogen and oxygen atoms in total. The van der Waals surface area contributed by atoms with Crippen molar-refractivity contribution in [1.82, 2.24) is 5.43 Å². The van der Waals surface area contributed by atoms with Gasteiger partial charge in [0.25, 0.3) is 5.91 Å². The highest BCUT2D eigenvalue weighted by molar-refractivity contribution is 5.96. The van der Waals surface area contributed by atoms with Crippen LogP contribution in [0, 0.1) is 0 Å². The monoisotopic (exact) mass is 361 g/mol. The van der Waals surface area contributed by atoms with Gasteiger partial charge in [0.05, 0.1) is 12.7 Å². The van der Waals surface area contributed by atoms with E-state index < -0.39 is 0 Å². The van der Waals surface area contributed by atoms with E-state index in [1.165, 1.54) is 0 Å². The van der Waals surface area contributed by atoms with Gasteiger partial charge in [-0.2, -0.15) is 0 Å². The van der Waals surface area contributed by atoms with E-state index in [4.69, 9.17) is 9.47 Å². The fraction of sp³-hybridized carbons (Fsp3) is 0.222. The lowest BCUT2D eigenvalue weighted by Gasteiger charge is -2.17. The van der Waals surface area contributed by atoms with Gasteiger partial charge in [-0.3, -0.25) is 10.1 Å². The third kappa shape index (κ3) is 4.49. The van der Waals surface area contributed by atoms with E-state index >= 15 is 0 Å². The SMILES string of the molecule is COc1cc(C2=NNC(=O)C(C)[NH2+]2)ccc1OCc1ccccc1.[Cl-]. The Bertz CT molecular complexity index is 765. The average molecular weight is 362 g/mol. The van der Waals surface area contributed by atoms with Gasteiger partial charge in [0.2, 0.25) is 5.84 Å². The van der Waals surface area contributed by atoms with Crippen LogP contribution in [0.2, 0.25) is 0 Å². The zero-order valence-corrected chi connectivity index (χ0v) is 14.8. The van der Waals surface area contributed by atoms with Crippen molar-refractivity contribution in [2.75, 3.05) is 7.11 Å². The van der Waals surface area contributed by atoms with Gasteiger partial charge in [0.1, 0.15) is 6.61 Å². The topological polar surface area (TPSA) is 76.5 Å². The Morgan fingerprint density at radius 2 is 1.92 bits per heavy atom. The van der Waals surface area contributed by atoms with Crippen molar-refractivity contribution in [2.24, 2.45) is 5.10 Å². The van der Waals surface area contributed by atoms with Crippen molar-refractivity contribution in [3.8, 4) is 11.5 Å². The molecule has 1 amide bonds. The smallest absolute Gasteiger partial charge is 0.298 e. The van der Waals surface area contributed by atoms with Crippen LogP contribution in [-0.2, 0) is 11.4 Å². The molecule has 0 saturated carbocycles. The highest BCUT2D eigenvalue weighted by Gasteiger charge is 2.25. The first-order chi connectivity index (χ1) is 11.7. The third-order valence-corrected chi connectivity index (χ3v) is 3.80. The van der Waals surface area contributed by atoms with Crippen LogP contribution in [-0.4, -0.2) is 24.9 Å². The van der Waals surface area contributed by atoms with E-state index in [0.29, 0.717) is 18.1 Å². The second-order valence-corrected chi connectivity index (χ2v) is 5.57. The van der Waals surface area contributed by atoms with Crippen LogP contribution < -0.4 is 32.6 Å². The van der Waals surface area contributed by atoms with Crippen molar-refractivity contribution >= 4 is 11.7 Å². The second kappa shape index (κ2) is 8.50. The third-order valence-electron chi connectivity index (χ3n) is 3.80. The maximum Gasteiger partial charge on any atom is 0.298 e. The van der Waals surface area contributed by atoms with Gasteiger partial charge in [-0.1, -0.05) is 30.3 Å². The minimum atomic E-state index is -0.211. The molecule has 7 heteroatoms. The van der Waals surface area contributed by atoms with Gasteiger partial charge in [-0.15, -0.1) is 5.10 Å². The van der Waals surface area contributed by atoms with Crippen molar-refractivity contribution in [3.63, 3.8) is 0 Å². The molecule has 2 aromatic carbocycles. The molecule has 0 fully saturated rings. The number of hydrogen-bond acceptors (Lipinski definition) is 4. The summed E-state index contributed by atoms with van der Waals surface area (Å²) in [5.74, 6) is 1.91. The molecule has 1 aliphatic heterocycles. The van der Waals surface area contributed by atoms with Crippen molar-refractivity contribution in [2.45, 2.75) is 19.6 Å². The molecule has 0 aliphatic carbocycles. The number of hydrogen-bond donors (Lipinski definition) is 2. The van der Waals surface area contributed by atoms with Gasteiger partial charge >= 0.3 is 0 Å². The Morgan fingerprint density at radius 1 is 1.16 bits per heavy atom. The number of amidine groups is 1. The summed E-state index contributed by atoms with van der Waals surface area (Å²) in [6.07, 6.45) is 0. The van der Waals surface area contributed by atoms with Crippen LogP contribution in [0.15, 0.2) is 53.6 Å². The number of nitrogens with one attached hydrogen (secondary N) is 1. The number of carbonyl (C=O) groups is 1. The quantitative estimate of drug-likeness (QED) is 0.648. The molecule has 25 heavy (non-hydrogen) atoms. The van der Waals surface area contributed by atoms with Crippen molar-refractivity contribution < 1.29 is 32.0 Å². The first kappa shape index (κ1) is 18.8. The average Bonchev–Trinajstić information content (AvgIpc) is 2.63. The van der Waals surface area contributed by atoms with Crippen molar-refractivity contribution in [3.05, 3.63) is 59.7 Å². The van der Waals surface area contributed by atoms with E-state index in [1.54, 1.807) is 7.11 Å². The lowest BCUT2D eigenvalue weighted by atomic mass is 10.1. The maximum absolute atomic E-state index is 11.5. The Balaban J connectivity index is 0.00000225. The summed E-state index contributed by atoms with van der Waals surface area (Å²) in [5, 5.41) is 5.93. The molecule has 1 atom stereocenters. The van der Waals surface area contributed by atoms with Gasteiger partial charge in [-0.05, 0) is 30.7 Å². The zero-order chi connectivity index (χ0) is 16.9. The molecule has 132 valence electrons. The standard InChI is InChI=1S/C18H19N3O3.ClH/c1-12-18(22)21-20-17(19-12)14-8-9-15(16(10-14)23-2)24-11-13-6-4-3-5-7-13;/h3-10,12H,11H2,1-2H3,(H,19,20)(H,21,22);1H. The van der Waals surface area contributed by atoms with Gasteiger partial charge < -0.3 is 21.9 Å². The number of rotatable bonds is 5. The molecule has 1 unspecified atom stereocenters. The molecule has 1 heterocycles. The fourth-order valence-electron chi connectivity index (χ4n) is 2.41. The Labute approximate surface area is 152 Å². The molecule has 0 radical (unpaired) electrons. The predicted molar refractivity (Wildman–Crippen MR) is 89.8 cm³/mol. The van der Waals surface area contributed by atoms with Gasteiger partial charge in [-0.25, -0.2) is 5.43 Å². The van der Waals surface area contributed by atoms with Crippen LogP contribution >= 0.6 is 0 Å². The van der Waals surface area contributed by atoms with Crippen molar-refractivity contribution in [1.29, 1.82) is 0 Å². The summed E-state index contributed by atoms with van der Waals surface area (Å²) >= 11 is 0. The lowest BCUT2D eigenvalue weighted by molar-refractivity contribution is -0.564. The number of halogens is 1. The maximum atomic E-state index is 11.5. The van der Waals surface area contributed by atoms with E-state index in [2.05, 4.69) is 10.5 Å². The molecule has 1 aliphatic rings. The van der Waals surface area contributed by atoms with Gasteiger partial charge in [0, 0.05) is 0 Å². The number of carbonyl (C=O) groups excluding carboxylic acids is 1. The first-order valence-electron chi connectivity index (χ1n) is 7.75. The molecule has 0 saturated heterocycles. The Hall–Kier alpha value is -2.57. The van der Waals surface area contributed by atoms with E-state index in [0.717, 1.165) is 17.0 Å². The summed E-state index contributed by atoms with van der Waals surface area (Å²) in [5.41, 5.74) is 4.48. The second-order valence-electron chi connectivity index (χ2n) is 5.57. The largest absolute Gasteiger partial charge is 1.00 e. The number of nitrogens with zero attached hydrogens (tertiary/aromatic N) is 1. The van der Waals surface area contributed by atoms with E-state index in [-0.39, 0.29) is 24.4 Å². The number of quaternary nitrogens is 1. The number of nitrogens with two attached hydrogens (primary N) is 1.